The first-order valence-corrected chi connectivity index (χ1v) is 7.50. The van der Waals surface area contributed by atoms with Crippen LogP contribution in [0.15, 0.2) is 30.9 Å². The molecule has 2 aliphatic rings. The summed E-state index contributed by atoms with van der Waals surface area (Å²) in [5.41, 5.74) is 2.52. The van der Waals surface area contributed by atoms with Gasteiger partial charge in [-0.3, -0.25) is 9.59 Å². The Hall–Kier alpha value is -2.83. The number of fused-ring (bicyclic) bond motifs is 1. The molecular formula is C16H18N4O3. The molecule has 0 bridgehead atoms. The van der Waals surface area contributed by atoms with Crippen molar-refractivity contribution >= 4 is 29.2 Å². The molecule has 2 heterocycles. The molecule has 1 aromatic rings. The Kier molecular flexibility index (Phi) is 4.01. The third-order valence-corrected chi connectivity index (χ3v) is 3.99. The number of nitrogens with one attached hydrogen (secondary N) is 3. The minimum absolute atomic E-state index is 0.123. The first-order valence-electron chi connectivity index (χ1n) is 7.50. The predicted molar refractivity (Wildman–Crippen MR) is 86.3 cm³/mol. The maximum Gasteiger partial charge on any atom is 0.315 e. The quantitative estimate of drug-likeness (QED) is 0.720. The molecular weight excluding hydrogens is 296 g/mol. The number of carbonyl (C=O) groups is 3. The highest BCUT2D eigenvalue weighted by atomic mass is 16.2. The molecule has 120 valence electrons. The Balaban J connectivity index is 1.75. The average molecular weight is 314 g/mol. The molecule has 7 heteroatoms. The summed E-state index contributed by atoms with van der Waals surface area (Å²) in [6.07, 6.45) is 3.02. The number of urea groups is 1. The van der Waals surface area contributed by atoms with Gasteiger partial charge < -0.3 is 20.9 Å². The molecule has 1 aromatic carbocycles. The van der Waals surface area contributed by atoms with E-state index in [4.69, 9.17) is 0 Å². The van der Waals surface area contributed by atoms with E-state index in [2.05, 4.69) is 22.5 Å². The Bertz CT molecular complexity index is 686. The van der Waals surface area contributed by atoms with Crippen LogP contribution < -0.4 is 20.9 Å². The number of rotatable bonds is 3. The Morgan fingerprint density at radius 1 is 1.39 bits per heavy atom. The second-order valence-electron chi connectivity index (χ2n) is 5.54. The van der Waals surface area contributed by atoms with Crippen molar-refractivity contribution in [3.8, 4) is 0 Å². The largest absolute Gasteiger partial charge is 0.336 e. The summed E-state index contributed by atoms with van der Waals surface area (Å²) in [5, 5.41) is 7.88. The van der Waals surface area contributed by atoms with Crippen LogP contribution in [0, 0.1) is 0 Å². The smallest absolute Gasteiger partial charge is 0.315 e. The Labute approximate surface area is 133 Å². The van der Waals surface area contributed by atoms with Crippen LogP contribution in [-0.2, 0) is 16.0 Å². The SMILES string of the molecule is C=CC(=O)N1CCCc2cc(NC(=O)[C@@H]3CNC(=O)N3)ccc21. The molecule has 0 spiro atoms. The fourth-order valence-corrected chi connectivity index (χ4v) is 2.86. The summed E-state index contributed by atoms with van der Waals surface area (Å²) >= 11 is 0. The second-order valence-corrected chi connectivity index (χ2v) is 5.54. The number of amides is 4. The van der Waals surface area contributed by atoms with E-state index in [1.807, 2.05) is 12.1 Å². The molecule has 3 N–H and O–H groups in total. The van der Waals surface area contributed by atoms with Gasteiger partial charge in [0.2, 0.25) is 11.8 Å². The predicted octanol–water partition coefficient (Wildman–Crippen LogP) is 0.772. The molecule has 1 fully saturated rings. The lowest BCUT2D eigenvalue weighted by Crippen LogP contribution is -2.38. The number of hydrogen-bond donors (Lipinski definition) is 3. The van der Waals surface area contributed by atoms with Gasteiger partial charge >= 0.3 is 6.03 Å². The number of carbonyl (C=O) groups excluding carboxylic acids is 3. The van der Waals surface area contributed by atoms with Gasteiger partial charge in [0.05, 0.1) is 0 Å². The molecule has 1 saturated heterocycles. The van der Waals surface area contributed by atoms with Gasteiger partial charge in [-0.25, -0.2) is 4.79 Å². The molecule has 0 radical (unpaired) electrons. The molecule has 2 aliphatic heterocycles. The average Bonchev–Trinajstić information content (AvgIpc) is 3.00. The van der Waals surface area contributed by atoms with Crippen molar-refractivity contribution in [1.29, 1.82) is 0 Å². The molecule has 3 rings (SSSR count). The Morgan fingerprint density at radius 3 is 2.91 bits per heavy atom. The van der Waals surface area contributed by atoms with Gasteiger partial charge in [-0.1, -0.05) is 6.58 Å². The lowest BCUT2D eigenvalue weighted by atomic mass is 10.0. The highest BCUT2D eigenvalue weighted by molar-refractivity contribution is 6.03. The number of anilines is 2. The van der Waals surface area contributed by atoms with Crippen LogP contribution in [0.25, 0.3) is 0 Å². The van der Waals surface area contributed by atoms with E-state index < -0.39 is 6.04 Å². The number of nitrogens with zero attached hydrogens (tertiary/aromatic N) is 1. The van der Waals surface area contributed by atoms with Gasteiger partial charge in [0, 0.05) is 24.5 Å². The first kappa shape index (κ1) is 15.1. The van der Waals surface area contributed by atoms with Gasteiger partial charge in [0.25, 0.3) is 0 Å². The number of aryl methyl sites for hydroxylation is 1. The monoisotopic (exact) mass is 314 g/mol. The van der Waals surface area contributed by atoms with Gasteiger partial charge in [0.1, 0.15) is 6.04 Å². The topological polar surface area (TPSA) is 90.5 Å². The number of hydrogen-bond acceptors (Lipinski definition) is 3. The summed E-state index contributed by atoms with van der Waals surface area (Å²) in [5.74, 6) is -0.388. The van der Waals surface area contributed by atoms with Gasteiger partial charge in [-0.15, -0.1) is 0 Å². The van der Waals surface area contributed by atoms with Crippen molar-refractivity contribution in [3.05, 3.63) is 36.4 Å². The fourth-order valence-electron chi connectivity index (χ4n) is 2.86. The summed E-state index contributed by atoms with van der Waals surface area (Å²) in [6.45, 7) is 4.47. The van der Waals surface area contributed by atoms with Crippen LogP contribution in [-0.4, -0.2) is 37.0 Å². The normalized spacial score (nSPS) is 19.4. The molecule has 0 saturated carbocycles. The van der Waals surface area contributed by atoms with E-state index >= 15 is 0 Å². The maximum absolute atomic E-state index is 12.1. The fraction of sp³-hybridized carbons (Fsp3) is 0.312. The lowest BCUT2D eigenvalue weighted by molar-refractivity contribution is -0.117. The van der Waals surface area contributed by atoms with Crippen molar-refractivity contribution in [2.45, 2.75) is 18.9 Å². The molecule has 0 aromatic heterocycles. The van der Waals surface area contributed by atoms with Crippen LogP contribution in [0.2, 0.25) is 0 Å². The minimum atomic E-state index is -0.572. The summed E-state index contributed by atoms with van der Waals surface area (Å²) in [4.78, 5) is 36.8. The van der Waals surface area contributed by atoms with E-state index in [1.165, 1.54) is 6.08 Å². The minimum Gasteiger partial charge on any atom is -0.336 e. The van der Waals surface area contributed by atoms with Crippen LogP contribution >= 0.6 is 0 Å². The van der Waals surface area contributed by atoms with E-state index in [9.17, 15) is 14.4 Å². The Morgan fingerprint density at radius 2 is 2.22 bits per heavy atom. The number of benzene rings is 1. The molecule has 0 unspecified atom stereocenters. The highest BCUT2D eigenvalue weighted by Gasteiger charge is 2.27. The lowest BCUT2D eigenvalue weighted by Gasteiger charge is -2.29. The third kappa shape index (κ3) is 3.03. The molecule has 4 amide bonds. The van der Waals surface area contributed by atoms with Crippen LogP contribution in [0.1, 0.15) is 12.0 Å². The van der Waals surface area contributed by atoms with Crippen molar-refractivity contribution in [2.75, 3.05) is 23.3 Å². The molecule has 23 heavy (non-hydrogen) atoms. The zero-order valence-corrected chi connectivity index (χ0v) is 12.6. The van der Waals surface area contributed by atoms with Crippen molar-refractivity contribution in [3.63, 3.8) is 0 Å². The van der Waals surface area contributed by atoms with Crippen molar-refractivity contribution in [1.82, 2.24) is 10.6 Å². The molecule has 0 aliphatic carbocycles. The van der Waals surface area contributed by atoms with Crippen LogP contribution in [0.4, 0.5) is 16.2 Å². The second kappa shape index (κ2) is 6.12. The van der Waals surface area contributed by atoms with Crippen molar-refractivity contribution < 1.29 is 14.4 Å². The first-order chi connectivity index (χ1) is 11.1. The maximum atomic E-state index is 12.1. The van der Waals surface area contributed by atoms with Crippen LogP contribution in [0.5, 0.6) is 0 Å². The standard InChI is InChI=1S/C16H18N4O3/c1-2-14(21)20-7-3-4-10-8-11(5-6-13(10)20)18-15(22)12-9-17-16(23)19-12/h2,5-6,8,12H,1,3-4,7,9H2,(H,18,22)(H2,17,19,23)/t12-/m0/s1. The van der Waals surface area contributed by atoms with Gasteiger partial charge in [-0.2, -0.15) is 0 Å². The van der Waals surface area contributed by atoms with Crippen molar-refractivity contribution in [2.24, 2.45) is 0 Å². The highest BCUT2D eigenvalue weighted by Crippen LogP contribution is 2.30. The molecule has 7 nitrogen and oxygen atoms in total. The van der Waals surface area contributed by atoms with Crippen LogP contribution in [0.3, 0.4) is 0 Å². The van der Waals surface area contributed by atoms with Gasteiger partial charge in [0.15, 0.2) is 0 Å². The third-order valence-electron chi connectivity index (χ3n) is 3.99. The summed E-state index contributed by atoms with van der Waals surface area (Å²) in [7, 11) is 0. The zero-order chi connectivity index (χ0) is 16.4. The van der Waals surface area contributed by atoms with Gasteiger partial charge in [-0.05, 0) is 42.7 Å². The molecule has 1 atom stereocenters. The van der Waals surface area contributed by atoms with E-state index in [0.29, 0.717) is 12.2 Å². The van der Waals surface area contributed by atoms with E-state index in [-0.39, 0.29) is 24.4 Å². The van der Waals surface area contributed by atoms with E-state index in [1.54, 1.807) is 11.0 Å². The summed E-state index contributed by atoms with van der Waals surface area (Å²) < 4.78 is 0. The zero-order valence-electron chi connectivity index (χ0n) is 12.6. The summed E-state index contributed by atoms with van der Waals surface area (Å²) in [6, 6.07) is 4.55. The van der Waals surface area contributed by atoms with E-state index in [0.717, 1.165) is 24.1 Å².